The van der Waals surface area contributed by atoms with Crippen molar-refractivity contribution < 1.29 is 4.74 Å². The molecule has 3 rings (SSSR count). The van der Waals surface area contributed by atoms with Crippen molar-refractivity contribution >= 4 is 5.69 Å². The number of rotatable bonds is 7. The zero-order chi connectivity index (χ0) is 17.5. The Morgan fingerprint density at radius 2 is 1.68 bits per heavy atom. The number of hydrogen-bond donors (Lipinski definition) is 0. The van der Waals surface area contributed by atoms with Gasteiger partial charge in [-0.25, -0.2) is 0 Å². The lowest BCUT2D eigenvalue weighted by Crippen LogP contribution is -2.46. The minimum Gasteiger partial charge on any atom is -0.496 e. The van der Waals surface area contributed by atoms with Gasteiger partial charge in [-0.05, 0) is 42.2 Å². The lowest BCUT2D eigenvalue weighted by molar-refractivity contribution is 0.261. The van der Waals surface area contributed by atoms with E-state index in [0.29, 0.717) is 0 Å². The summed E-state index contributed by atoms with van der Waals surface area (Å²) in [6, 6.07) is 17.4. The van der Waals surface area contributed by atoms with E-state index in [2.05, 4.69) is 65.3 Å². The van der Waals surface area contributed by atoms with Crippen LogP contribution in [-0.2, 0) is 12.8 Å². The second-order valence-electron chi connectivity index (χ2n) is 6.81. The van der Waals surface area contributed by atoms with E-state index in [0.717, 1.165) is 57.7 Å². The molecule has 0 atom stereocenters. The van der Waals surface area contributed by atoms with Crippen LogP contribution in [-0.4, -0.2) is 44.7 Å². The summed E-state index contributed by atoms with van der Waals surface area (Å²) in [7, 11) is 1.76. The first-order chi connectivity index (χ1) is 12.3. The second kappa shape index (κ2) is 8.91. The normalized spacial score (nSPS) is 15.4. The fourth-order valence-corrected chi connectivity index (χ4v) is 3.61. The molecule has 2 aromatic rings. The Hall–Kier alpha value is -2.00. The lowest BCUT2D eigenvalue weighted by atomic mass is 10.0. The average molecular weight is 338 g/mol. The number of anilines is 1. The molecule has 0 aromatic heterocycles. The van der Waals surface area contributed by atoms with Crippen molar-refractivity contribution in [3.05, 3.63) is 59.7 Å². The predicted octanol–water partition coefficient (Wildman–Crippen LogP) is 4.01. The van der Waals surface area contributed by atoms with Gasteiger partial charge in [-0.1, -0.05) is 43.7 Å². The van der Waals surface area contributed by atoms with Crippen LogP contribution in [0, 0.1) is 0 Å². The molecular formula is C22H30N2O. The molecule has 0 N–H and O–H groups in total. The summed E-state index contributed by atoms with van der Waals surface area (Å²) < 4.78 is 5.49. The van der Waals surface area contributed by atoms with E-state index >= 15 is 0 Å². The van der Waals surface area contributed by atoms with Crippen LogP contribution >= 0.6 is 0 Å². The smallest absolute Gasteiger partial charge is 0.122 e. The first kappa shape index (κ1) is 17.8. The predicted molar refractivity (Wildman–Crippen MR) is 106 cm³/mol. The number of benzene rings is 2. The van der Waals surface area contributed by atoms with Crippen LogP contribution in [0.3, 0.4) is 0 Å². The minimum atomic E-state index is 1.03. The van der Waals surface area contributed by atoms with Crippen molar-refractivity contribution in [2.75, 3.05) is 44.7 Å². The molecule has 0 radical (unpaired) electrons. The Bertz CT molecular complexity index is 648. The number of methoxy groups -OCH3 is 1. The van der Waals surface area contributed by atoms with Gasteiger partial charge in [0.1, 0.15) is 5.75 Å². The third kappa shape index (κ3) is 4.76. The van der Waals surface area contributed by atoms with Crippen LogP contribution in [0.1, 0.15) is 24.5 Å². The van der Waals surface area contributed by atoms with Crippen molar-refractivity contribution in [1.82, 2.24) is 4.90 Å². The van der Waals surface area contributed by atoms with E-state index in [-0.39, 0.29) is 0 Å². The molecule has 0 spiro atoms. The van der Waals surface area contributed by atoms with Crippen LogP contribution in [0.15, 0.2) is 48.5 Å². The number of nitrogens with zero attached hydrogens (tertiary/aromatic N) is 2. The van der Waals surface area contributed by atoms with Gasteiger partial charge in [0.2, 0.25) is 0 Å². The maximum Gasteiger partial charge on any atom is 0.122 e. The quantitative estimate of drug-likeness (QED) is 0.758. The van der Waals surface area contributed by atoms with Gasteiger partial charge in [0.05, 0.1) is 7.11 Å². The van der Waals surface area contributed by atoms with Crippen molar-refractivity contribution in [1.29, 1.82) is 0 Å². The first-order valence-corrected chi connectivity index (χ1v) is 9.48. The van der Waals surface area contributed by atoms with Crippen LogP contribution < -0.4 is 9.64 Å². The molecule has 0 amide bonds. The Morgan fingerprint density at radius 3 is 2.36 bits per heavy atom. The molecule has 1 heterocycles. The summed E-state index contributed by atoms with van der Waals surface area (Å²) in [6.07, 6.45) is 3.36. The van der Waals surface area contributed by atoms with Gasteiger partial charge in [0.25, 0.3) is 0 Å². The molecule has 1 saturated heterocycles. The first-order valence-electron chi connectivity index (χ1n) is 9.48. The number of para-hydroxylation sites is 1. The molecule has 3 nitrogen and oxygen atoms in total. The largest absolute Gasteiger partial charge is 0.496 e. The molecule has 0 saturated carbocycles. The highest BCUT2D eigenvalue weighted by molar-refractivity contribution is 5.46. The fraction of sp³-hybridized carbons (Fsp3) is 0.455. The second-order valence-corrected chi connectivity index (χ2v) is 6.81. The Labute approximate surface area is 152 Å². The van der Waals surface area contributed by atoms with Crippen molar-refractivity contribution in [3.8, 4) is 5.75 Å². The summed E-state index contributed by atoms with van der Waals surface area (Å²) in [5.41, 5.74) is 4.12. The van der Waals surface area contributed by atoms with Crippen LogP contribution in [0.25, 0.3) is 0 Å². The van der Waals surface area contributed by atoms with Gasteiger partial charge in [0.15, 0.2) is 0 Å². The topological polar surface area (TPSA) is 15.7 Å². The van der Waals surface area contributed by atoms with Gasteiger partial charge < -0.3 is 9.64 Å². The van der Waals surface area contributed by atoms with Gasteiger partial charge in [0, 0.05) is 38.4 Å². The van der Waals surface area contributed by atoms with E-state index in [1.165, 1.54) is 16.8 Å². The summed E-state index contributed by atoms with van der Waals surface area (Å²) in [6.45, 7) is 7.89. The summed E-state index contributed by atoms with van der Waals surface area (Å²) in [5.74, 6) is 1.03. The lowest BCUT2D eigenvalue weighted by Gasteiger charge is -2.36. The van der Waals surface area contributed by atoms with Crippen LogP contribution in [0.2, 0.25) is 0 Å². The van der Waals surface area contributed by atoms with Crippen LogP contribution in [0.4, 0.5) is 5.69 Å². The standard InChI is InChI=1S/C22H30N2O/c1-3-7-20-18-19(10-11-22(20)25-2)12-13-23-14-16-24(17-15-23)21-8-5-4-6-9-21/h4-6,8-11,18H,3,7,12-17H2,1-2H3. The van der Waals surface area contributed by atoms with E-state index < -0.39 is 0 Å². The van der Waals surface area contributed by atoms with Crippen molar-refractivity contribution in [2.45, 2.75) is 26.2 Å². The molecule has 0 aliphatic carbocycles. The van der Waals surface area contributed by atoms with Crippen molar-refractivity contribution in [2.24, 2.45) is 0 Å². The highest BCUT2D eigenvalue weighted by Crippen LogP contribution is 2.22. The zero-order valence-corrected chi connectivity index (χ0v) is 15.6. The third-order valence-electron chi connectivity index (χ3n) is 5.07. The highest BCUT2D eigenvalue weighted by Gasteiger charge is 2.16. The Balaban J connectivity index is 1.51. The minimum absolute atomic E-state index is 1.03. The summed E-state index contributed by atoms with van der Waals surface area (Å²) >= 11 is 0. The van der Waals surface area contributed by atoms with Gasteiger partial charge in [-0.15, -0.1) is 0 Å². The van der Waals surface area contributed by atoms with E-state index in [9.17, 15) is 0 Å². The molecule has 1 aliphatic heterocycles. The molecular weight excluding hydrogens is 308 g/mol. The molecule has 134 valence electrons. The monoisotopic (exact) mass is 338 g/mol. The number of piperazine rings is 1. The molecule has 1 fully saturated rings. The summed E-state index contributed by atoms with van der Waals surface area (Å²) in [5, 5.41) is 0. The molecule has 25 heavy (non-hydrogen) atoms. The zero-order valence-electron chi connectivity index (χ0n) is 15.6. The maximum absolute atomic E-state index is 5.49. The molecule has 2 aromatic carbocycles. The molecule has 1 aliphatic rings. The Kier molecular flexibility index (Phi) is 6.35. The number of aryl methyl sites for hydroxylation is 1. The van der Waals surface area contributed by atoms with E-state index in [1.807, 2.05) is 0 Å². The fourth-order valence-electron chi connectivity index (χ4n) is 3.61. The maximum atomic E-state index is 5.49. The SMILES string of the molecule is CCCc1cc(CCN2CCN(c3ccccc3)CC2)ccc1OC. The third-order valence-corrected chi connectivity index (χ3v) is 5.07. The number of hydrogen-bond acceptors (Lipinski definition) is 3. The highest BCUT2D eigenvalue weighted by atomic mass is 16.5. The van der Waals surface area contributed by atoms with Crippen LogP contribution in [0.5, 0.6) is 5.75 Å². The molecule has 0 unspecified atom stereocenters. The van der Waals surface area contributed by atoms with Gasteiger partial charge in [-0.2, -0.15) is 0 Å². The van der Waals surface area contributed by atoms with Gasteiger partial charge in [-0.3, -0.25) is 4.90 Å². The van der Waals surface area contributed by atoms with E-state index in [1.54, 1.807) is 7.11 Å². The number of ether oxygens (including phenoxy) is 1. The summed E-state index contributed by atoms with van der Waals surface area (Å²) in [4.78, 5) is 5.08. The molecule has 0 bridgehead atoms. The Morgan fingerprint density at radius 1 is 0.920 bits per heavy atom. The molecule has 3 heteroatoms. The van der Waals surface area contributed by atoms with Gasteiger partial charge >= 0.3 is 0 Å². The van der Waals surface area contributed by atoms with E-state index in [4.69, 9.17) is 4.74 Å². The average Bonchev–Trinajstić information content (AvgIpc) is 2.68. The van der Waals surface area contributed by atoms with Crippen molar-refractivity contribution in [3.63, 3.8) is 0 Å².